The molecule has 0 rings (SSSR count). The van der Waals surface area contributed by atoms with Crippen molar-refractivity contribution in [2.45, 2.75) is 46.3 Å². The fourth-order valence-corrected chi connectivity index (χ4v) is 0.645. The van der Waals surface area contributed by atoms with Crippen molar-refractivity contribution in [3.8, 4) is 0 Å². The molecule has 0 aromatic rings. The second kappa shape index (κ2) is 14.4. The molecule has 13 heavy (non-hydrogen) atoms. The lowest BCUT2D eigenvalue weighted by Gasteiger charge is -2.01. The minimum atomic E-state index is -0.0648. The van der Waals surface area contributed by atoms with Crippen molar-refractivity contribution in [2.24, 2.45) is 5.73 Å². The molecule has 3 heteroatoms. The van der Waals surface area contributed by atoms with Crippen LogP contribution in [-0.4, -0.2) is 26.4 Å². The minimum absolute atomic E-state index is 0.0648. The summed E-state index contributed by atoms with van der Waals surface area (Å²) in [6, 6.07) is 0. The molecule has 0 aliphatic rings. The lowest BCUT2D eigenvalue weighted by Crippen LogP contribution is -2.19. The Hall–Kier alpha value is -0.120. The van der Waals surface area contributed by atoms with E-state index in [0.29, 0.717) is 0 Å². The number of nitrogens with one attached hydrogen (secondary N) is 1. The largest absolute Gasteiger partial charge is 0.367 e. The van der Waals surface area contributed by atoms with Gasteiger partial charge < -0.3 is 15.8 Å². The van der Waals surface area contributed by atoms with Crippen LogP contribution in [0.2, 0.25) is 0 Å². The van der Waals surface area contributed by atoms with Gasteiger partial charge in [0.1, 0.15) is 6.23 Å². The van der Waals surface area contributed by atoms with Crippen molar-refractivity contribution in [3.05, 3.63) is 0 Å². The maximum Gasteiger partial charge on any atom is 0.104 e. The van der Waals surface area contributed by atoms with E-state index >= 15 is 0 Å². The van der Waals surface area contributed by atoms with Gasteiger partial charge in [0.25, 0.3) is 0 Å². The Labute approximate surface area is 83.0 Å². The minimum Gasteiger partial charge on any atom is -0.367 e. The van der Waals surface area contributed by atoms with Crippen LogP contribution in [0.1, 0.15) is 40.0 Å². The van der Waals surface area contributed by atoms with Gasteiger partial charge in [-0.3, -0.25) is 0 Å². The molecule has 0 spiro atoms. The summed E-state index contributed by atoms with van der Waals surface area (Å²) in [5, 5.41) is 3.28. The topological polar surface area (TPSA) is 47.3 Å². The lowest BCUT2D eigenvalue weighted by atomic mass is 10.4. The third-order valence-electron chi connectivity index (χ3n) is 1.56. The maximum atomic E-state index is 5.25. The standard InChI is InChI=1S/C6H15N.C4H11NO/c1-3-5-7-6-4-2;1-3-4(5)6-2/h7H,3-6H2,1-2H3;4H,3,5H2,1-2H3. The Morgan fingerprint density at radius 1 is 1.15 bits per heavy atom. The molecular weight excluding hydrogens is 164 g/mol. The molecule has 0 aliphatic carbocycles. The Kier molecular flexibility index (Phi) is 17.0. The molecule has 0 aliphatic heterocycles. The SMILES string of the molecule is CCC(N)OC.CCCNCCC. The molecule has 0 fully saturated rings. The second-order valence-corrected chi connectivity index (χ2v) is 2.93. The van der Waals surface area contributed by atoms with E-state index in [9.17, 15) is 0 Å². The van der Waals surface area contributed by atoms with E-state index in [1.165, 1.54) is 25.9 Å². The van der Waals surface area contributed by atoms with Crippen LogP contribution < -0.4 is 11.1 Å². The quantitative estimate of drug-likeness (QED) is 0.495. The highest BCUT2D eigenvalue weighted by atomic mass is 16.5. The Morgan fingerprint density at radius 2 is 1.62 bits per heavy atom. The highest BCUT2D eigenvalue weighted by molar-refractivity contribution is 4.40. The second-order valence-electron chi connectivity index (χ2n) is 2.93. The summed E-state index contributed by atoms with van der Waals surface area (Å²) in [5.41, 5.74) is 5.25. The summed E-state index contributed by atoms with van der Waals surface area (Å²) >= 11 is 0. The summed E-state index contributed by atoms with van der Waals surface area (Å²) in [6.07, 6.45) is 3.32. The fourth-order valence-electron chi connectivity index (χ4n) is 0.645. The molecule has 0 amide bonds. The first-order valence-corrected chi connectivity index (χ1v) is 5.21. The van der Waals surface area contributed by atoms with E-state index < -0.39 is 0 Å². The van der Waals surface area contributed by atoms with Crippen LogP contribution in [0.15, 0.2) is 0 Å². The normalized spacial score (nSPS) is 11.8. The first-order chi connectivity index (χ1) is 6.22. The van der Waals surface area contributed by atoms with Gasteiger partial charge in [0.05, 0.1) is 0 Å². The third kappa shape index (κ3) is 18.7. The number of hydrogen-bond acceptors (Lipinski definition) is 3. The lowest BCUT2D eigenvalue weighted by molar-refractivity contribution is 0.105. The van der Waals surface area contributed by atoms with E-state index in [2.05, 4.69) is 23.9 Å². The molecule has 1 atom stereocenters. The van der Waals surface area contributed by atoms with Crippen LogP contribution in [0.25, 0.3) is 0 Å². The number of hydrogen-bond donors (Lipinski definition) is 2. The van der Waals surface area contributed by atoms with E-state index in [1.807, 2.05) is 6.92 Å². The first kappa shape index (κ1) is 15.4. The van der Waals surface area contributed by atoms with E-state index in [1.54, 1.807) is 7.11 Å². The van der Waals surface area contributed by atoms with Crippen molar-refractivity contribution in [1.82, 2.24) is 5.32 Å². The highest BCUT2D eigenvalue weighted by Crippen LogP contribution is 1.81. The van der Waals surface area contributed by atoms with Crippen LogP contribution in [0, 0.1) is 0 Å². The van der Waals surface area contributed by atoms with Crippen molar-refractivity contribution < 1.29 is 4.74 Å². The van der Waals surface area contributed by atoms with E-state index in [-0.39, 0.29) is 6.23 Å². The molecule has 0 saturated heterocycles. The molecule has 1 unspecified atom stereocenters. The molecule has 3 nitrogen and oxygen atoms in total. The average Bonchev–Trinajstić information content (AvgIpc) is 2.18. The first-order valence-electron chi connectivity index (χ1n) is 5.21. The zero-order valence-electron chi connectivity index (χ0n) is 9.60. The molecular formula is C10H26N2O. The van der Waals surface area contributed by atoms with Crippen LogP contribution in [0.3, 0.4) is 0 Å². The van der Waals surface area contributed by atoms with Crippen molar-refractivity contribution >= 4 is 0 Å². The van der Waals surface area contributed by atoms with Gasteiger partial charge in [-0.2, -0.15) is 0 Å². The molecule has 0 radical (unpaired) electrons. The van der Waals surface area contributed by atoms with E-state index in [0.717, 1.165) is 6.42 Å². The fraction of sp³-hybridized carbons (Fsp3) is 1.00. The van der Waals surface area contributed by atoms with Gasteiger partial charge in [-0.15, -0.1) is 0 Å². The van der Waals surface area contributed by atoms with Crippen LogP contribution in [0.4, 0.5) is 0 Å². The van der Waals surface area contributed by atoms with Gasteiger partial charge >= 0.3 is 0 Å². The molecule has 0 heterocycles. The summed E-state index contributed by atoms with van der Waals surface area (Å²) in [5.74, 6) is 0. The zero-order valence-corrected chi connectivity index (χ0v) is 9.60. The molecule has 3 N–H and O–H groups in total. The maximum absolute atomic E-state index is 5.25. The van der Waals surface area contributed by atoms with Crippen LogP contribution in [-0.2, 0) is 4.74 Å². The zero-order chi connectivity index (χ0) is 10.5. The predicted octanol–water partition coefficient (Wildman–Crippen LogP) is 1.72. The summed E-state index contributed by atoms with van der Waals surface area (Å²) in [4.78, 5) is 0. The number of rotatable bonds is 6. The highest BCUT2D eigenvalue weighted by Gasteiger charge is 1.88. The van der Waals surface area contributed by atoms with Gasteiger partial charge in [0, 0.05) is 7.11 Å². The summed E-state index contributed by atoms with van der Waals surface area (Å²) < 4.78 is 4.68. The number of nitrogens with two attached hydrogens (primary N) is 1. The van der Waals surface area contributed by atoms with Crippen LogP contribution in [0.5, 0.6) is 0 Å². The van der Waals surface area contributed by atoms with Crippen LogP contribution >= 0.6 is 0 Å². The van der Waals surface area contributed by atoms with Crippen molar-refractivity contribution in [1.29, 1.82) is 0 Å². The number of ether oxygens (including phenoxy) is 1. The third-order valence-corrected chi connectivity index (χ3v) is 1.56. The summed E-state index contributed by atoms with van der Waals surface area (Å²) in [6.45, 7) is 8.70. The Morgan fingerprint density at radius 3 is 1.77 bits per heavy atom. The summed E-state index contributed by atoms with van der Waals surface area (Å²) in [7, 11) is 1.61. The van der Waals surface area contributed by atoms with Gasteiger partial charge in [-0.25, -0.2) is 0 Å². The molecule has 0 aromatic heterocycles. The van der Waals surface area contributed by atoms with Crippen molar-refractivity contribution in [2.75, 3.05) is 20.2 Å². The molecule has 0 saturated carbocycles. The Bertz CT molecular complexity index is 71.3. The van der Waals surface area contributed by atoms with Gasteiger partial charge in [0.15, 0.2) is 0 Å². The van der Waals surface area contributed by atoms with E-state index in [4.69, 9.17) is 5.73 Å². The van der Waals surface area contributed by atoms with Gasteiger partial charge in [-0.1, -0.05) is 20.8 Å². The molecule has 0 aromatic carbocycles. The average molecular weight is 190 g/mol. The number of methoxy groups -OCH3 is 1. The Balaban J connectivity index is 0. The monoisotopic (exact) mass is 190 g/mol. The molecule has 82 valence electrons. The predicted molar refractivity (Wildman–Crippen MR) is 58.7 cm³/mol. The van der Waals surface area contributed by atoms with Gasteiger partial charge in [0.2, 0.25) is 0 Å². The van der Waals surface area contributed by atoms with Gasteiger partial charge in [-0.05, 0) is 32.4 Å². The smallest absolute Gasteiger partial charge is 0.104 e. The molecule has 0 bridgehead atoms. The van der Waals surface area contributed by atoms with Crippen molar-refractivity contribution in [3.63, 3.8) is 0 Å².